The Morgan fingerprint density at radius 3 is 2.55 bits per heavy atom. The van der Waals surface area contributed by atoms with Gasteiger partial charge in [-0.15, -0.1) is 0 Å². The minimum absolute atomic E-state index is 0.249. The van der Waals surface area contributed by atoms with Crippen LogP contribution >= 0.6 is 11.6 Å². The SMILES string of the molecule is NC(=O)N/N=C/c1cccc(NC(=O)c2ccc(Cl)cc2)c1. The number of carbonyl (C=O) groups excluding carboxylic acids is 2. The van der Waals surface area contributed by atoms with Gasteiger partial charge in [0.2, 0.25) is 0 Å². The summed E-state index contributed by atoms with van der Waals surface area (Å²) in [6.45, 7) is 0. The summed E-state index contributed by atoms with van der Waals surface area (Å²) in [7, 11) is 0. The number of hydrazone groups is 1. The summed E-state index contributed by atoms with van der Waals surface area (Å²) in [4.78, 5) is 22.6. The van der Waals surface area contributed by atoms with Crippen molar-refractivity contribution in [2.45, 2.75) is 0 Å². The maximum atomic E-state index is 12.1. The van der Waals surface area contributed by atoms with Crippen LogP contribution in [0.2, 0.25) is 5.02 Å². The number of nitrogens with one attached hydrogen (secondary N) is 2. The van der Waals surface area contributed by atoms with Crippen LogP contribution in [0.1, 0.15) is 15.9 Å². The predicted octanol–water partition coefficient (Wildman–Crippen LogP) is 2.59. The third kappa shape index (κ3) is 4.60. The van der Waals surface area contributed by atoms with E-state index in [2.05, 4.69) is 15.8 Å². The smallest absolute Gasteiger partial charge is 0.332 e. The Morgan fingerprint density at radius 2 is 1.86 bits per heavy atom. The summed E-state index contributed by atoms with van der Waals surface area (Å²) in [5.41, 5.74) is 8.79. The standard InChI is InChI=1S/C15H13ClN4O2/c16-12-6-4-11(5-7-12)14(21)19-13-3-1-2-10(8-13)9-18-20-15(17)22/h1-9H,(H,19,21)(H3,17,20,22)/b18-9+. The van der Waals surface area contributed by atoms with Crippen LogP contribution < -0.4 is 16.5 Å². The molecule has 0 spiro atoms. The number of nitrogens with zero attached hydrogens (tertiary/aromatic N) is 1. The van der Waals surface area contributed by atoms with Gasteiger partial charge in [0, 0.05) is 16.3 Å². The molecule has 2 aromatic carbocycles. The number of amides is 3. The molecule has 2 rings (SSSR count). The van der Waals surface area contributed by atoms with Gasteiger partial charge >= 0.3 is 6.03 Å². The summed E-state index contributed by atoms with van der Waals surface area (Å²) in [6.07, 6.45) is 1.42. The van der Waals surface area contributed by atoms with Crippen molar-refractivity contribution in [2.24, 2.45) is 10.8 Å². The van der Waals surface area contributed by atoms with Gasteiger partial charge in [-0.3, -0.25) is 4.79 Å². The fraction of sp³-hybridized carbons (Fsp3) is 0. The number of urea groups is 1. The van der Waals surface area contributed by atoms with Crippen molar-refractivity contribution in [1.82, 2.24) is 5.43 Å². The first-order valence-corrected chi connectivity index (χ1v) is 6.68. The van der Waals surface area contributed by atoms with Gasteiger partial charge in [0.15, 0.2) is 0 Å². The molecule has 3 amide bonds. The normalized spacial score (nSPS) is 10.4. The fourth-order valence-corrected chi connectivity index (χ4v) is 1.80. The fourth-order valence-electron chi connectivity index (χ4n) is 1.67. The summed E-state index contributed by atoms with van der Waals surface area (Å²) in [5, 5.41) is 6.98. The van der Waals surface area contributed by atoms with Gasteiger partial charge in [-0.2, -0.15) is 5.10 Å². The summed E-state index contributed by atoms with van der Waals surface area (Å²) < 4.78 is 0. The quantitative estimate of drug-likeness (QED) is 0.597. The lowest BCUT2D eigenvalue weighted by Crippen LogP contribution is -2.24. The average molecular weight is 317 g/mol. The number of anilines is 1. The van der Waals surface area contributed by atoms with Crippen LogP contribution in [0.4, 0.5) is 10.5 Å². The molecule has 0 aromatic heterocycles. The van der Waals surface area contributed by atoms with Crippen LogP contribution in [-0.2, 0) is 0 Å². The Hall–Kier alpha value is -2.86. The van der Waals surface area contributed by atoms with E-state index in [-0.39, 0.29) is 5.91 Å². The molecule has 4 N–H and O–H groups in total. The van der Waals surface area contributed by atoms with Gasteiger partial charge < -0.3 is 11.1 Å². The zero-order valence-corrected chi connectivity index (χ0v) is 12.2. The second-order valence-electron chi connectivity index (χ2n) is 4.32. The molecule has 0 aliphatic carbocycles. The molecule has 2 aromatic rings. The van der Waals surface area contributed by atoms with Crippen molar-refractivity contribution in [2.75, 3.05) is 5.32 Å². The monoisotopic (exact) mass is 316 g/mol. The van der Waals surface area contributed by atoms with Crippen molar-refractivity contribution in [3.05, 3.63) is 64.7 Å². The van der Waals surface area contributed by atoms with Crippen molar-refractivity contribution in [3.63, 3.8) is 0 Å². The molecule has 22 heavy (non-hydrogen) atoms. The van der Waals surface area contributed by atoms with Crippen molar-refractivity contribution in [1.29, 1.82) is 0 Å². The molecule has 112 valence electrons. The molecule has 0 aliphatic rings. The molecule has 0 bridgehead atoms. The maximum Gasteiger partial charge on any atom is 0.332 e. The topological polar surface area (TPSA) is 96.6 Å². The minimum Gasteiger partial charge on any atom is -0.350 e. The van der Waals surface area contributed by atoms with Crippen molar-refractivity contribution < 1.29 is 9.59 Å². The molecular weight excluding hydrogens is 304 g/mol. The number of nitrogens with two attached hydrogens (primary N) is 1. The van der Waals surface area contributed by atoms with E-state index in [1.807, 2.05) is 0 Å². The number of benzene rings is 2. The highest BCUT2D eigenvalue weighted by Crippen LogP contribution is 2.13. The van der Waals surface area contributed by atoms with Crippen LogP contribution in [-0.4, -0.2) is 18.2 Å². The number of hydrogen-bond donors (Lipinski definition) is 3. The zero-order chi connectivity index (χ0) is 15.9. The van der Waals surface area contributed by atoms with Crippen molar-refractivity contribution in [3.8, 4) is 0 Å². The predicted molar refractivity (Wildman–Crippen MR) is 86.2 cm³/mol. The Kier molecular flexibility index (Phi) is 5.11. The van der Waals surface area contributed by atoms with Gasteiger partial charge in [0.25, 0.3) is 5.91 Å². The number of primary amides is 1. The molecule has 6 nitrogen and oxygen atoms in total. The molecule has 0 unspecified atom stereocenters. The van der Waals surface area contributed by atoms with E-state index in [1.165, 1.54) is 6.21 Å². The molecule has 0 fully saturated rings. The highest BCUT2D eigenvalue weighted by molar-refractivity contribution is 6.30. The summed E-state index contributed by atoms with van der Waals surface area (Å²) in [6, 6.07) is 12.8. The zero-order valence-electron chi connectivity index (χ0n) is 11.4. The van der Waals surface area contributed by atoms with E-state index < -0.39 is 6.03 Å². The Bertz CT molecular complexity index is 714. The first kappa shape index (κ1) is 15.5. The Balaban J connectivity index is 2.06. The molecule has 0 atom stereocenters. The minimum atomic E-state index is -0.747. The Morgan fingerprint density at radius 1 is 1.14 bits per heavy atom. The third-order valence-corrected chi connectivity index (χ3v) is 2.89. The number of rotatable bonds is 4. The van der Waals surface area contributed by atoms with Gasteiger partial charge in [-0.1, -0.05) is 23.7 Å². The number of halogens is 1. The van der Waals surface area contributed by atoms with Crippen LogP contribution in [0.5, 0.6) is 0 Å². The van der Waals surface area contributed by atoms with Gasteiger partial charge in [-0.25, -0.2) is 10.2 Å². The molecular formula is C15H13ClN4O2. The molecule has 0 saturated heterocycles. The van der Waals surface area contributed by atoms with Crippen LogP contribution in [0.25, 0.3) is 0 Å². The van der Waals surface area contributed by atoms with Crippen LogP contribution in [0, 0.1) is 0 Å². The Labute approximate surface area is 132 Å². The van der Waals surface area contributed by atoms with E-state index in [1.54, 1.807) is 48.5 Å². The molecule has 0 saturated carbocycles. The molecule has 7 heteroatoms. The van der Waals surface area contributed by atoms with E-state index >= 15 is 0 Å². The second kappa shape index (κ2) is 7.24. The second-order valence-corrected chi connectivity index (χ2v) is 4.76. The lowest BCUT2D eigenvalue weighted by Gasteiger charge is -2.06. The lowest BCUT2D eigenvalue weighted by molar-refractivity contribution is 0.102. The van der Waals surface area contributed by atoms with E-state index in [0.717, 1.165) is 0 Å². The number of carbonyl (C=O) groups is 2. The third-order valence-electron chi connectivity index (χ3n) is 2.64. The van der Waals surface area contributed by atoms with Crippen LogP contribution in [0.3, 0.4) is 0 Å². The summed E-state index contributed by atoms with van der Waals surface area (Å²) in [5.74, 6) is -0.249. The average Bonchev–Trinajstić information content (AvgIpc) is 2.48. The van der Waals surface area contributed by atoms with Crippen molar-refractivity contribution >= 4 is 35.4 Å². The lowest BCUT2D eigenvalue weighted by atomic mass is 10.2. The number of hydrogen-bond acceptors (Lipinski definition) is 3. The van der Waals surface area contributed by atoms with E-state index in [9.17, 15) is 9.59 Å². The summed E-state index contributed by atoms with van der Waals surface area (Å²) >= 11 is 5.78. The largest absolute Gasteiger partial charge is 0.350 e. The van der Waals surface area contributed by atoms with Gasteiger partial charge in [0.05, 0.1) is 6.21 Å². The molecule has 0 aliphatic heterocycles. The highest BCUT2D eigenvalue weighted by Gasteiger charge is 2.05. The first-order valence-electron chi connectivity index (χ1n) is 6.30. The van der Waals surface area contributed by atoms with Gasteiger partial charge in [0.1, 0.15) is 0 Å². The van der Waals surface area contributed by atoms with E-state index in [0.29, 0.717) is 21.8 Å². The molecule has 0 radical (unpaired) electrons. The van der Waals surface area contributed by atoms with Gasteiger partial charge in [-0.05, 0) is 42.0 Å². The highest BCUT2D eigenvalue weighted by atomic mass is 35.5. The maximum absolute atomic E-state index is 12.1. The van der Waals surface area contributed by atoms with Crippen LogP contribution in [0.15, 0.2) is 53.6 Å². The molecule has 0 heterocycles. The first-order chi connectivity index (χ1) is 10.5. The van der Waals surface area contributed by atoms with E-state index in [4.69, 9.17) is 17.3 Å².